The lowest BCUT2D eigenvalue weighted by molar-refractivity contribution is 0.179. The zero-order chi connectivity index (χ0) is 15.5. The summed E-state index contributed by atoms with van der Waals surface area (Å²) in [5.41, 5.74) is 0. The van der Waals surface area contributed by atoms with Crippen LogP contribution in [0.5, 0.6) is 0 Å². The number of carbonyl (C=O) groups excluding carboxylic acids is 1. The highest BCUT2D eigenvalue weighted by Crippen LogP contribution is 2.20. The van der Waals surface area contributed by atoms with Gasteiger partial charge >= 0.3 is 6.03 Å². The standard InChI is InChI=1S/C15H25N5OS/c1-11-6-9-22-10-8-19(11)15(21)16-12(2)14-18-17-13-5-3-4-7-20(13)14/h11-12H,3-10H2,1-2H3,(H,16,21)/t11-,12+/m0/s1. The molecule has 2 atom stereocenters. The first-order valence-corrected chi connectivity index (χ1v) is 9.39. The monoisotopic (exact) mass is 323 g/mol. The van der Waals surface area contributed by atoms with Crippen LogP contribution in [0.25, 0.3) is 0 Å². The first-order valence-electron chi connectivity index (χ1n) is 8.23. The van der Waals surface area contributed by atoms with Gasteiger partial charge in [0.05, 0.1) is 6.04 Å². The van der Waals surface area contributed by atoms with E-state index < -0.39 is 0 Å². The number of nitrogens with one attached hydrogen (secondary N) is 1. The fraction of sp³-hybridized carbons (Fsp3) is 0.800. The van der Waals surface area contributed by atoms with E-state index in [1.165, 1.54) is 12.8 Å². The third kappa shape index (κ3) is 3.24. The molecule has 2 aliphatic rings. The highest BCUT2D eigenvalue weighted by atomic mass is 32.2. The lowest BCUT2D eigenvalue weighted by Gasteiger charge is -2.28. The Bertz CT molecular complexity index is 532. The van der Waals surface area contributed by atoms with Gasteiger partial charge in [-0.2, -0.15) is 11.8 Å². The maximum Gasteiger partial charge on any atom is 0.318 e. The molecule has 7 heteroatoms. The summed E-state index contributed by atoms with van der Waals surface area (Å²) in [6.07, 6.45) is 4.40. The number of hydrogen-bond donors (Lipinski definition) is 1. The van der Waals surface area contributed by atoms with Crippen LogP contribution < -0.4 is 5.32 Å². The van der Waals surface area contributed by atoms with Crippen LogP contribution in [0.15, 0.2) is 0 Å². The number of aryl methyl sites for hydroxylation is 1. The number of urea groups is 1. The summed E-state index contributed by atoms with van der Waals surface area (Å²) in [5.74, 6) is 4.10. The molecule has 1 aromatic rings. The van der Waals surface area contributed by atoms with Crippen molar-refractivity contribution in [1.82, 2.24) is 25.0 Å². The van der Waals surface area contributed by atoms with E-state index in [1.54, 1.807) is 0 Å². The van der Waals surface area contributed by atoms with E-state index in [2.05, 4.69) is 27.0 Å². The molecular weight excluding hydrogens is 298 g/mol. The zero-order valence-electron chi connectivity index (χ0n) is 13.4. The number of carbonyl (C=O) groups is 1. The molecule has 1 aromatic heterocycles. The summed E-state index contributed by atoms with van der Waals surface area (Å²) < 4.78 is 2.18. The van der Waals surface area contributed by atoms with Gasteiger partial charge in [-0.15, -0.1) is 10.2 Å². The minimum atomic E-state index is -0.102. The number of aromatic nitrogens is 3. The molecule has 3 rings (SSSR count). The van der Waals surface area contributed by atoms with E-state index in [-0.39, 0.29) is 12.1 Å². The summed E-state index contributed by atoms with van der Waals surface area (Å²) in [4.78, 5) is 14.5. The van der Waals surface area contributed by atoms with Gasteiger partial charge in [-0.25, -0.2) is 4.79 Å². The second-order valence-electron chi connectivity index (χ2n) is 6.20. The molecule has 1 saturated heterocycles. The van der Waals surface area contributed by atoms with Gasteiger partial charge in [0, 0.05) is 31.3 Å². The normalized spacial score (nSPS) is 23.5. The Labute approximate surface area is 136 Å². The van der Waals surface area contributed by atoms with E-state index in [0.29, 0.717) is 6.04 Å². The Morgan fingerprint density at radius 1 is 1.32 bits per heavy atom. The van der Waals surface area contributed by atoms with Crippen LogP contribution in [-0.2, 0) is 13.0 Å². The molecule has 2 aliphatic heterocycles. The molecule has 22 heavy (non-hydrogen) atoms. The van der Waals surface area contributed by atoms with Crippen molar-refractivity contribution in [1.29, 1.82) is 0 Å². The van der Waals surface area contributed by atoms with E-state index in [0.717, 1.165) is 49.1 Å². The van der Waals surface area contributed by atoms with Crippen molar-refractivity contribution >= 4 is 17.8 Å². The van der Waals surface area contributed by atoms with Crippen molar-refractivity contribution in [3.8, 4) is 0 Å². The number of amides is 2. The predicted octanol–water partition coefficient (Wildman–Crippen LogP) is 2.21. The Morgan fingerprint density at radius 2 is 2.18 bits per heavy atom. The molecule has 2 amide bonds. The molecule has 0 aliphatic carbocycles. The molecule has 0 radical (unpaired) electrons. The van der Waals surface area contributed by atoms with Crippen molar-refractivity contribution in [2.24, 2.45) is 0 Å². The second-order valence-corrected chi connectivity index (χ2v) is 7.42. The fourth-order valence-corrected chi connectivity index (χ4v) is 4.22. The Morgan fingerprint density at radius 3 is 3.05 bits per heavy atom. The Hall–Kier alpha value is -1.24. The van der Waals surface area contributed by atoms with Crippen LogP contribution in [-0.4, -0.2) is 49.8 Å². The first-order chi connectivity index (χ1) is 10.7. The summed E-state index contributed by atoms with van der Waals surface area (Å²) in [6.45, 7) is 5.92. The number of thioether (sulfide) groups is 1. The predicted molar refractivity (Wildman–Crippen MR) is 88.0 cm³/mol. The molecule has 0 bridgehead atoms. The van der Waals surface area contributed by atoms with E-state index in [9.17, 15) is 4.79 Å². The minimum absolute atomic E-state index is 0.0238. The maximum atomic E-state index is 12.6. The van der Waals surface area contributed by atoms with E-state index in [1.807, 2.05) is 23.6 Å². The van der Waals surface area contributed by atoms with Crippen LogP contribution in [0.4, 0.5) is 4.79 Å². The van der Waals surface area contributed by atoms with Gasteiger partial charge in [-0.05, 0) is 38.9 Å². The van der Waals surface area contributed by atoms with E-state index >= 15 is 0 Å². The summed E-state index contributed by atoms with van der Waals surface area (Å²) in [5, 5.41) is 11.7. The third-order valence-electron chi connectivity index (χ3n) is 4.56. The van der Waals surface area contributed by atoms with Gasteiger partial charge < -0.3 is 14.8 Å². The summed E-state index contributed by atoms with van der Waals surface area (Å²) in [6, 6.07) is 0.222. The van der Waals surface area contributed by atoms with Crippen LogP contribution >= 0.6 is 11.8 Å². The molecule has 0 unspecified atom stereocenters. The van der Waals surface area contributed by atoms with Gasteiger partial charge in [0.1, 0.15) is 5.82 Å². The highest BCUT2D eigenvalue weighted by molar-refractivity contribution is 7.99. The molecule has 0 saturated carbocycles. The van der Waals surface area contributed by atoms with Crippen LogP contribution in [0, 0.1) is 0 Å². The summed E-state index contributed by atoms with van der Waals surface area (Å²) >= 11 is 1.93. The first kappa shape index (κ1) is 15.6. The molecule has 3 heterocycles. The SMILES string of the molecule is C[C@@H](NC(=O)N1CCSCC[C@@H]1C)c1nnc2n1CCCC2. The average Bonchev–Trinajstić information content (AvgIpc) is 2.82. The molecule has 0 aromatic carbocycles. The van der Waals surface area contributed by atoms with Crippen molar-refractivity contribution in [3.63, 3.8) is 0 Å². The lowest BCUT2D eigenvalue weighted by atomic mass is 10.1. The smallest absolute Gasteiger partial charge is 0.318 e. The highest BCUT2D eigenvalue weighted by Gasteiger charge is 2.26. The van der Waals surface area contributed by atoms with Crippen LogP contribution in [0.2, 0.25) is 0 Å². The molecule has 1 N–H and O–H groups in total. The summed E-state index contributed by atoms with van der Waals surface area (Å²) in [7, 11) is 0. The molecule has 6 nitrogen and oxygen atoms in total. The number of fused-ring (bicyclic) bond motifs is 1. The second kappa shape index (κ2) is 6.89. The van der Waals surface area contributed by atoms with Crippen LogP contribution in [0.3, 0.4) is 0 Å². The lowest BCUT2D eigenvalue weighted by Crippen LogP contribution is -2.46. The third-order valence-corrected chi connectivity index (χ3v) is 5.56. The van der Waals surface area contributed by atoms with Gasteiger partial charge in [-0.1, -0.05) is 0 Å². The number of rotatable bonds is 2. The Kier molecular flexibility index (Phi) is 4.90. The molecular formula is C15H25N5OS. The molecule has 1 fully saturated rings. The van der Waals surface area contributed by atoms with Gasteiger partial charge in [0.2, 0.25) is 0 Å². The number of hydrogen-bond acceptors (Lipinski definition) is 4. The zero-order valence-corrected chi connectivity index (χ0v) is 14.2. The Balaban J connectivity index is 1.67. The maximum absolute atomic E-state index is 12.6. The quantitative estimate of drug-likeness (QED) is 0.906. The van der Waals surface area contributed by atoms with Crippen molar-refractivity contribution in [2.45, 2.75) is 58.2 Å². The topological polar surface area (TPSA) is 63.1 Å². The van der Waals surface area contributed by atoms with Crippen molar-refractivity contribution in [2.75, 3.05) is 18.1 Å². The largest absolute Gasteiger partial charge is 0.328 e. The van der Waals surface area contributed by atoms with Gasteiger partial charge in [0.15, 0.2) is 5.82 Å². The van der Waals surface area contributed by atoms with Crippen LogP contribution in [0.1, 0.15) is 50.8 Å². The average molecular weight is 323 g/mol. The van der Waals surface area contributed by atoms with E-state index in [4.69, 9.17) is 0 Å². The van der Waals surface area contributed by atoms with Gasteiger partial charge in [-0.3, -0.25) is 0 Å². The van der Waals surface area contributed by atoms with Gasteiger partial charge in [0.25, 0.3) is 0 Å². The number of nitrogens with zero attached hydrogens (tertiary/aromatic N) is 4. The van der Waals surface area contributed by atoms with Crippen molar-refractivity contribution < 1.29 is 4.79 Å². The molecule has 122 valence electrons. The molecule has 0 spiro atoms. The van der Waals surface area contributed by atoms with Crippen molar-refractivity contribution in [3.05, 3.63) is 11.6 Å². The fourth-order valence-electron chi connectivity index (χ4n) is 3.18. The minimum Gasteiger partial charge on any atom is -0.328 e.